The fourth-order valence-corrected chi connectivity index (χ4v) is 1.43. The van der Waals surface area contributed by atoms with Crippen molar-refractivity contribution in [2.24, 2.45) is 0 Å². The monoisotopic (exact) mass is 164 g/mol. The van der Waals surface area contributed by atoms with Crippen LogP contribution in [0.3, 0.4) is 0 Å². The smallest absolute Gasteiger partial charge is 0.134 e. The maximum Gasteiger partial charge on any atom is 0.134 e. The zero-order chi connectivity index (χ0) is 8.59. The molecule has 9 N–H and O–H groups in total. The molecule has 5 nitrogen and oxygen atoms in total. The molecule has 0 aromatic heterocycles. The Morgan fingerprint density at radius 2 is 1.18 bits per heavy atom. The van der Waals surface area contributed by atoms with Gasteiger partial charge in [-0.3, -0.25) is 0 Å². The van der Waals surface area contributed by atoms with Crippen molar-refractivity contribution in [2.75, 3.05) is 0 Å². The molecular formula is C6H16N2O3+2. The lowest BCUT2D eigenvalue weighted by atomic mass is 9.85. The number of quaternary nitrogens is 2. The van der Waals surface area contributed by atoms with Crippen molar-refractivity contribution in [1.82, 2.24) is 0 Å². The van der Waals surface area contributed by atoms with Crippen LogP contribution in [0.4, 0.5) is 0 Å². The van der Waals surface area contributed by atoms with Crippen LogP contribution >= 0.6 is 0 Å². The molecule has 1 saturated carbocycles. The zero-order valence-electron chi connectivity index (χ0n) is 6.35. The lowest BCUT2D eigenvalue weighted by molar-refractivity contribution is -0.505. The van der Waals surface area contributed by atoms with Crippen LogP contribution in [0.1, 0.15) is 6.42 Å². The van der Waals surface area contributed by atoms with Crippen molar-refractivity contribution in [3.05, 3.63) is 0 Å². The average molecular weight is 164 g/mol. The third-order valence-electron chi connectivity index (χ3n) is 2.27. The van der Waals surface area contributed by atoms with Gasteiger partial charge in [0, 0.05) is 0 Å². The van der Waals surface area contributed by atoms with Gasteiger partial charge in [0.1, 0.15) is 30.4 Å². The predicted molar refractivity (Wildman–Crippen MR) is 36.0 cm³/mol. The van der Waals surface area contributed by atoms with Crippen LogP contribution in [0.25, 0.3) is 0 Å². The third kappa shape index (κ3) is 1.52. The highest BCUT2D eigenvalue weighted by Gasteiger charge is 2.43. The standard InChI is InChI=1S/C6H14N2O3/c7-2-1-3(8)5(10)6(11)4(2)9/h2-6,9-11H,1,7-8H2/p+2. The Morgan fingerprint density at radius 1 is 0.818 bits per heavy atom. The van der Waals surface area contributed by atoms with E-state index in [2.05, 4.69) is 11.5 Å². The first kappa shape index (κ1) is 8.89. The van der Waals surface area contributed by atoms with Crippen molar-refractivity contribution in [3.8, 4) is 0 Å². The van der Waals surface area contributed by atoms with Gasteiger partial charge < -0.3 is 26.8 Å². The Hall–Kier alpha value is -0.200. The van der Waals surface area contributed by atoms with Crippen molar-refractivity contribution in [1.29, 1.82) is 0 Å². The quantitative estimate of drug-likeness (QED) is 0.249. The first-order chi connectivity index (χ1) is 5.04. The molecule has 1 aliphatic carbocycles. The van der Waals surface area contributed by atoms with E-state index in [-0.39, 0.29) is 12.1 Å². The van der Waals surface area contributed by atoms with E-state index in [9.17, 15) is 15.3 Å². The Bertz CT molecular complexity index is 130. The summed E-state index contributed by atoms with van der Waals surface area (Å²) in [6.45, 7) is 0. The minimum atomic E-state index is -1.09. The normalized spacial score (nSPS) is 52.6. The van der Waals surface area contributed by atoms with E-state index >= 15 is 0 Å². The minimum Gasteiger partial charge on any atom is -0.387 e. The van der Waals surface area contributed by atoms with E-state index in [1.165, 1.54) is 0 Å². The fourth-order valence-electron chi connectivity index (χ4n) is 1.43. The van der Waals surface area contributed by atoms with E-state index in [0.717, 1.165) is 0 Å². The van der Waals surface area contributed by atoms with Crippen LogP contribution in [0.2, 0.25) is 0 Å². The SMILES string of the molecule is [NH3+]C1CC([NH3+])C(O)C(O)C1O. The molecule has 0 amide bonds. The largest absolute Gasteiger partial charge is 0.387 e. The summed E-state index contributed by atoms with van der Waals surface area (Å²) in [5.41, 5.74) is 7.31. The molecule has 0 radical (unpaired) electrons. The highest BCUT2D eigenvalue weighted by atomic mass is 16.4. The highest BCUT2D eigenvalue weighted by molar-refractivity contribution is 4.91. The summed E-state index contributed by atoms with van der Waals surface area (Å²) in [5.74, 6) is 0. The molecule has 1 rings (SSSR count). The Kier molecular flexibility index (Phi) is 2.46. The van der Waals surface area contributed by atoms with Crippen molar-refractivity contribution >= 4 is 0 Å². The Morgan fingerprint density at radius 3 is 1.55 bits per heavy atom. The summed E-state index contributed by atoms with van der Waals surface area (Å²) in [5, 5.41) is 27.7. The predicted octanol–water partition coefficient (Wildman–Crippen LogP) is -4.31. The second-order valence-corrected chi connectivity index (χ2v) is 3.23. The molecule has 0 heterocycles. The van der Waals surface area contributed by atoms with Gasteiger partial charge in [-0.05, 0) is 0 Å². The van der Waals surface area contributed by atoms with Gasteiger partial charge in [0.05, 0.1) is 6.42 Å². The van der Waals surface area contributed by atoms with E-state index < -0.39 is 18.3 Å². The molecule has 0 spiro atoms. The number of hydrogen-bond donors (Lipinski definition) is 5. The summed E-state index contributed by atoms with van der Waals surface area (Å²) >= 11 is 0. The average Bonchev–Trinajstić information content (AvgIpc) is 1.97. The summed E-state index contributed by atoms with van der Waals surface area (Å²) in [4.78, 5) is 0. The second kappa shape index (κ2) is 3.04. The molecule has 0 saturated heterocycles. The highest BCUT2D eigenvalue weighted by Crippen LogP contribution is 2.15. The number of rotatable bonds is 0. The molecule has 5 heteroatoms. The van der Waals surface area contributed by atoms with Gasteiger partial charge in [0.15, 0.2) is 0 Å². The number of hydrogen-bond acceptors (Lipinski definition) is 3. The van der Waals surface area contributed by atoms with Crippen LogP contribution in [-0.4, -0.2) is 45.7 Å². The number of aliphatic hydroxyl groups excluding tert-OH is 3. The molecule has 1 fully saturated rings. The molecule has 11 heavy (non-hydrogen) atoms. The third-order valence-corrected chi connectivity index (χ3v) is 2.27. The molecular weight excluding hydrogens is 148 g/mol. The zero-order valence-corrected chi connectivity index (χ0v) is 6.35. The van der Waals surface area contributed by atoms with Crippen LogP contribution < -0.4 is 11.5 Å². The van der Waals surface area contributed by atoms with Gasteiger partial charge in [-0.25, -0.2) is 0 Å². The molecule has 4 atom stereocenters. The van der Waals surface area contributed by atoms with E-state index in [4.69, 9.17) is 0 Å². The van der Waals surface area contributed by atoms with Gasteiger partial charge in [-0.15, -0.1) is 0 Å². The molecule has 1 aliphatic rings. The first-order valence-electron chi connectivity index (χ1n) is 3.74. The Balaban J connectivity index is 2.63. The maximum absolute atomic E-state index is 9.23. The van der Waals surface area contributed by atoms with E-state index in [0.29, 0.717) is 6.42 Å². The van der Waals surface area contributed by atoms with Gasteiger partial charge in [0.25, 0.3) is 0 Å². The van der Waals surface area contributed by atoms with Crippen molar-refractivity contribution in [3.63, 3.8) is 0 Å². The first-order valence-corrected chi connectivity index (χ1v) is 3.74. The fraction of sp³-hybridized carbons (Fsp3) is 1.00. The number of aliphatic hydroxyl groups is 3. The summed E-state index contributed by atoms with van der Waals surface area (Å²) in [6.07, 6.45) is -2.36. The molecule has 0 aromatic carbocycles. The topological polar surface area (TPSA) is 116 Å². The molecule has 0 bridgehead atoms. The van der Waals surface area contributed by atoms with Crippen molar-refractivity contribution < 1.29 is 26.8 Å². The van der Waals surface area contributed by atoms with Crippen LogP contribution in [0, 0.1) is 0 Å². The summed E-state index contributed by atoms with van der Waals surface area (Å²) in [6, 6.07) is -0.452. The van der Waals surface area contributed by atoms with E-state index in [1.54, 1.807) is 0 Å². The lowest BCUT2D eigenvalue weighted by Crippen LogP contribution is -2.81. The van der Waals surface area contributed by atoms with Crippen LogP contribution in [0.15, 0.2) is 0 Å². The van der Waals surface area contributed by atoms with Crippen LogP contribution in [0.5, 0.6) is 0 Å². The molecule has 66 valence electrons. The van der Waals surface area contributed by atoms with Gasteiger partial charge >= 0.3 is 0 Å². The van der Waals surface area contributed by atoms with Gasteiger partial charge in [-0.2, -0.15) is 0 Å². The summed E-state index contributed by atoms with van der Waals surface area (Å²) < 4.78 is 0. The minimum absolute atomic E-state index is 0.226. The second-order valence-electron chi connectivity index (χ2n) is 3.23. The lowest BCUT2D eigenvalue weighted by Gasteiger charge is -2.33. The summed E-state index contributed by atoms with van der Waals surface area (Å²) in [7, 11) is 0. The Labute approximate surface area is 64.6 Å². The maximum atomic E-state index is 9.23. The van der Waals surface area contributed by atoms with Crippen molar-refractivity contribution in [2.45, 2.75) is 36.8 Å². The van der Waals surface area contributed by atoms with Gasteiger partial charge in [0.2, 0.25) is 0 Å². The van der Waals surface area contributed by atoms with E-state index in [1.807, 2.05) is 0 Å². The van der Waals surface area contributed by atoms with Gasteiger partial charge in [-0.1, -0.05) is 0 Å². The molecule has 4 unspecified atom stereocenters. The molecule has 0 aliphatic heterocycles. The van der Waals surface area contributed by atoms with Crippen LogP contribution in [-0.2, 0) is 0 Å². The molecule has 0 aromatic rings.